The maximum atomic E-state index is 12.9. The molecule has 0 aliphatic heterocycles. The summed E-state index contributed by atoms with van der Waals surface area (Å²) in [6, 6.07) is 17.7. The quantitative estimate of drug-likeness (QED) is 0.495. The largest absolute Gasteiger partial charge is 0.544 e. The highest BCUT2D eigenvalue weighted by molar-refractivity contribution is 5.93. The van der Waals surface area contributed by atoms with E-state index in [9.17, 15) is 19.5 Å². The molecule has 3 rings (SSSR count). The minimum atomic E-state index is -1.31. The van der Waals surface area contributed by atoms with Gasteiger partial charge in [-0.25, -0.2) is 4.68 Å². The van der Waals surface area contributed by atoms with E-state index in [1.54, 1.807) is 36.1 Å². The summed E-state index contributed by atoms with van der Waals surface area (Å²) in [6.07, 6.45) is 0.377. The molecule has 0 bridgehead atoms. The highest BCUT2D eigenvalue weighted by Crippen LogP contribution is 2.14. The number of quaternary nitrogens is 1. The number of rotatable bonds is 9. The molecule has 1 aromatic heterocycles. The molecule has 0 saturated heterocycles. The molecule has 0 spiro atoms. The van der Waals surface area contributed by atoms with Crippen molar-refractivity contribution in [3.8, 4) is 5.69 Å². The zero-order valence-electron chi connectivity index (χ0n) is 17.6. The second-order valence-electron chi connectivity index (χ2n) is 7.37. The van der Waals surface area contributed by atoms with Gasteiger partial charge in [0.15, 0.2) is 0 Å². The van der Waals surface area contributed by atoms with Crippen molar-refractivity contribution in [3.63, 3.8) is 0 Å². The molecule has 1 heterocycles. The summed E-state index contributed by atoms with van der Waals surface area (Å²) in [4.78, 5) is 36.9. The van der Waals surface area contributed by atoms with Crippen molar-refractivity contribution < 1.29 is 20.0 Å². The van der Waals surface area contributed by atoms with Crippen molar-refractivity contribution in [1.82, 2.24) is 9.36 Å². The molecule has 0 aliphatic carbocycles. The Morgan fingerprint density at radius 1 is 1.06 bits per heavy atom. The number of nitrogens with zero attached hydrogens (tertiary/aromatic N) is 2. The van der Waals surface area contributed by atoms with E-state index in [4.69, 9.17) is 0 Å². The number of benzene rings is 2. The number of amides is 1. The van der Waals surface area contributed by atoms with Crippen molar-refractivity contribution in [2.45, 2.75) is 25.8 Å². The van der Waals surface area contributed by atoms with E-state index >= 15 is 0 Å². The van der Waals surface area contributed by atoms with Crippen LogP contribution in [-0.2, 0) is 23.1 Å². The molecule has 0 radical (unpaired) electrons. The van der Waals surface area contributed by atoms with Crippen molar-refractivity contribution in [2.75, 3.05) is 11.9 Å². The summed E-state index contributed by atoms with van der Waals surface area (Å²) in [5, 5.41) is 15.7. The summed E-state index contributed by atoms with van der Waals surface area (Å²) in [6.45, 7) is 2.22. The molecule has 8 heteroatoms. The number of carboxylic acid groups (broad SMARTS) is 1. The van der Waals surface area contributed by atoms with Crippen LogP contribution in [0.4, 0.5) is 5.69 Å². The van der Waals surface area contributed by atoms with Gasteiger partial charge in [-0.2, -0.15) is 0 Å². The Kier molecular flexibility index (Phi) is 7.04. The average Bonchev–Trinajstić information content (AvgIpc) is 2.97. The van der Waals surface area contributed by atoms with E-state index in [2.05, 4.69) is 5.32 Å². The standard InChI is InChI=1S/C23H26N4O4/c1-16-21(22(29)27(26(16)2)18-11-7-4-8-12-18)25-20(28)15-19(23(30)31)24-14-13-17-9-5-3-6-10-17/h3-12,19,24H,13-15H2,1-2H3,(H,25,28)(H,30,31)/t19-/m0/s1. The maximum Gasteiger partial charge on any atom is 0.295 e. The number of hydrogen-bond donors (Lipinski definition) is 2. The number of hydrogen-bond acceptors (Lipinski definition) is 4. The third kappa shape index (κ3) is 5.29. The molecule has 0 aliphatic rings. The smallest absolute Gasteiger partial charge is 0.295 e. The lowest BCUT2D eigenvalue weighted by molar-refractivity contribution is -0.682. The molecular formula is C23H26N4O4. The number of para-hydroxylation sites is 1. The van der Waals surface area contributed by atoms with Gasteiger partial charge in [0.2, 0.25) is 5.91 Å². The molecule has 8 nitrogen and oxygen atoms in total. The van der Waals surface area contributed by atoms with Gasteiger partial charge >= 0.3 is 0 Å². The lowest BCUT2D eigenvalue weighted by Crippen LogP contribution is -2.93. The first-order valence-electron chi connectivity index (χ1n) is 10.1. The first kappa shape index (κ1) is 22.0. The Morgan fingerprint density at radius 2 is 1.68 bits per heavy atom. The van der Waals surface area contributed by atoms with Crippen molar-refractivity contribution >= 4 is 17.6 Å². The Morgan fingerprint density at radius 3 is 2.29 bits per heavy atom. The highest BCUT2D eigenvalue weighted by Gasteiger charge is 2.22. The monoisotopic (exact) mass is 422 g/mol. The summed E-state index contributed by atoms with van der Waals surface area (Å²) in [7, 11) is 1.72. The van der Waals surface area contributed by atoms with Gasteiger partial charge in [0, 0.05) is 13.5 Å². The van der Waals surface area contributed by atoms with Crippen LogP contribution in [0, 0.1) is 6.92 Å². The Labute approximate surface area is 180 Å². The van der Waals surface area contributed by atoms with E-state index < -0.39 is 17.9 Å². The summed E-state index contributed by atoms with van der Waals surface area (Å²) in [5.74, 6) is -1.86. The molecule has 2 aromatic carbocycles. The van der Waals surface area contributed by atoms with Gasteiger partial charge in [0.25, 0.3) is 5.56 Å². The molecule has 3 aromatic rings. The lowest BCUT2D eigenvalue weighted by Gasteiger charge is -2.16. The van der Waals surface area contributed by atoms with Gasteiger partial charge < -0.3 is 20.5 Å². The van der Waals surface area contributed by atoms with Crippen LogP contribution >= 0.6 is 0 Å². The van der Waals surface area contributed by atoms with Gasteiger partial charge in [0.1, 0.15) is 11.7 Å². The Balaban J connectivity index is 1.67. The van der Waals surface area contributed by atoms with Crippen LogP contribution in [-0.4, -0.2) is 33.8 Å². The molecule has 162 valence electrons. The SMILES string of the molecule is Cc1c(NC(=O)C[C@H]([NH2+]CCc2ccccc2)C(=O)[O-])c(=O)n(-c2ccccc2)n1C. The van der Waals surface area contributed by atoms with Crippen LogP contribution < -0.4 is 21.3 Å². The van der Waals surface area contributed by atoms with Crippen LogP contribution in [0.15, 0.2) is 65.5 Å². The third-order valence-corrected chi connectivity index (χ3v) is 5.25. The Bertz CT molecular complexity index is 1100. The van der Waals surface area contributed by atoms with Gasteiger partial charge in [0.05, 0.1) is 30.3 Å². The normalized spacial score (nSPS) is 11.8. The first-order valence-corrected chi connectivity index (χ1v) is 10.1. The van der Waals surface area contributed by atoms with Gasteiger partial charge in [-0.3, -0.25) is 14.3 Å². The molecular weight excluding hydrogens is 396 g/mol. The number of nitrogens with two attached hydrogens (primary N) is 1. The van der Waals surface area contributed by atoms with E-state index in [-0.39, 0.29) is 17.7 Å². The Hall–Kier alpha value is -3.65. The fourth-order valence-corrected chi connectivity index (χ4v) is 3.46. The van der Waals surface area contributed by atoms with Crippen molar-refractivity contribution in [1.29, 1.82) is 0 Å². The zero-order valence-corrected chi connectivity index (χ0v) is 17.6. The van der Waals surface area contributed by atoms with E-state index in [0.717, 1.165) is 5.56 Å². The molecule has 0 saturated carbocycles. The number of carbonyl (C=O) groups is 2. The number of carboxylic acids is 1. The number of carbonyl (C=O) groups excluding carboxylic acids is 2. The number of nitrogens with one attached hydrogen (secondary N) is 1. The van der Waals surface area contributed by atoms with Crippen molar-refractivity contribution in [2.24, 2.45) is 7.05 Å². The summed E-state index contributed by atoms with van der Waals surface area (Å²) in [5.41, 5.74) is 2.08. The fourth-order valence-electron chi connectivity index (χ4n) is 3.46. The van der Waals surface area contributed by atoms with Gasteiger partial charge in [-0.05, 0) is 24.6 Å². The lowest BCUT2D eigenvalue weighted by atomic mass is 10.1. The zero-order chi connectivity index (χ0) is 22.4. The van der Waals surface area contributed by atoms with Gasteiger partial charge in [-0.1, -0.05) is 48.5 Å². The number of anilines is 1. The second kappa shape index (κ2) is 9.90. The van der Waals surface area contributed by atoms with E-state index in [1.807, 2.05) is 48.5 Å². The van der Waals surface area contributed by atoms with Crippen LogP contribution in [0.5, 0.6) is 0 Å². The molecule has 0 unspecified atom stereocenters. The molecule has 31 heavy (non-hydrogen) atoms. The highest BCUT2D eigenvalue weighted by atomic mass is 16.4. The minimum Gasteiger partial charge on any atom is -0.544 e. The molecule has 3 N–H and O–H groups in total. The fraction of sp³-hybridized carbons (Fsp3) is 0.261. The first-order chi connectivity index (χ1) is 14.9. The third-order valence-electron chi connectivity index (χ3n) is 5.25. The van der Waals surface area contributed by atoms with Crippen molar-refractivity contribution in [3.05, 3.63) is 82.3 Å². The second-order valence-corrected chi connectivity index (χ2v) is 7.37. The topological polar surface area (TPSA) is 113 Å². The number of aromatic nitrogens is 2. The van der Waals surface area contributed by atoms with Gasteiger partial charge in [-0.15, -0.1) is 0 Å². The van der Waals surface area contributed by atoms with Crippen LogP contribution in [0.2, 0.25) is 0 Å². The predicted molar refractivity (Wildman–Crippen MR) is 115 cm³/mol. The average molecular weight is 422 g/mol. The summed E-state index contributed by atoms with van der Waals surface area (Å²) < 4.78 is 3.10. The molecule has 0 fully saturated rings. The summed E-state index contributed by atoms with van der Waals surface area (Å²) >= 11 is 0. The maximum absolute atomic E-state index is 12.9. The molecule has 1 atom stereocenters. The van der Waals surface area contributed by atoms with Crippen LogP contribution in [0.25, 0.3) is 5.69 Å². The van der Waals surface area contributed by atoms with Crippen LogP contribution in [0.3, 0.4) is 0 Å². The molecule has 1 amide bonds. The van der Waals surface area contributed by atoms with E-state index in [0.29, 0.717) is 24.3 Å². The number of aliphatic carboxylic acids is 1. The van der Waals surface area contributed by atoms with Crippen LogP contribution in [0.1, 0.15) is 17.7 Å². The predicted octanol–water partition coefficient (Wildman–Crippen LogP) is -0.262. The minimum absolute atomic E-state index is 0.137. The van der Waals surface area contributed by atoms with E-state index in [1.165, 1.54) is 4.68 Å².